The molecule has 2 aliphatic heterocycles. The monoisotopic (exact) mass is 446 g/mol. The van der Waals surface area contributed by atoms with E-state index in [9.17, 15) is 5.41 Å². The molecule has 0 radical (unpaired) electrons. The maximum Gasteiger partial charge on any atom is 0.140 e. The first-order chi connectivity index (χ1) is 16.1. The molecule has 0 aliphatic carbocycles. The van der Waals surface area contributed by atoms with E-state index in [-0.39, 0.29) is 0 Å². The summed E-state index contributed by atoms with van der Waals surface area (Å²) in [5.41, 5.74) is 7.37. The van der Waals surface area contributed by atoms with Gasteiger partial charge in [0.25, 0.3) is 0 Å². The van der Waals surface area contributed by atoms with Crippen LogP contribution in [0.4, 0.5) is 22.7 Å². The molecular formula is C28H19ClN4. The average molecular weight is 447 g/mol. The van der Waals surface area contributed by atoms with Gasteiger partial charge >= 0.3 is 0 Å². The predicted molar refractivity (Wildman–Crippen MR) is 137 cm³/mol. The first-order valence-electron chi connectivity index (χ1n) is 10.7. The second kappa shape index (κ2) is 7.47. The van der Waals surface area contributed by atoms with Crippen LogP contribution in [0.1, 0.15) is 11.1 Å². The van der Waals surface area contributed by atoms with Crippen LogP contribution in [-0.2, 0) is 0 Å². The number of amidine groups is 1. The normalized spacial score (nSPS) is 16.9. The molecule has 0 unspecified atom stereocenters. The van der Waals surface area contributed by atoms with Gasteiger partial charge < -0.3 is 4.90 Å². The van der Waals surface area contributed by atoms with E-state index in [1.807, 2.05) is 108 Å². The third-order valence-electron chi connectivity index (χ3n) is 6.09. The fourth-order valence-electron chi connectivity index (χ4n) is 4.66. The minimum Gasteiger partial charge on any atom is -0.307 e. The van der Waals surface area contributed by atoms with Gasteiger partial charge in [-0.25, -0.2) is 0 Å². The summed E-state index contributed by atoms with van der Waals surface area (Å²) in [4.78, 5) is 4.02. The van der Waals surface area contributed by atoms with Crippen molar-refractivity contribution in [3.8, 4) is 0 Å². The van der Waals surface area contributed by atoms with E-state index in [4.69, 9.17) is 17.0 Å². The number of hydrogen-bond acceptors (Lipinski definition) is 3. The molecule has 158 valence electrons. The van der Waals surface area contributed by atoms with Crippen LogP contribution in [0, 0.1) is 10.8 Å². The average Bonchev–Trinajstić information content (AvgIpc) is 3.30. The summed E-state index contributed by atoms with van der Waals surface area (Å²) in [5.74, 6) is 0.340. The van der Waals surface area contributed by atoms with E-state index in [1.165, 1.54) is 0 Å². The summed E-state index contributed by atoms with van der Waals surface area (Å²) < 4.78 is 0. The van der Waals surface area contributed by atoms with Gasteiger partial charge in [0, 0.05) is 27.5 Å². The van der Waals surface area contributed by atoms with Crippen molar-refractivity contribution in [1.29, 1.82) is 10.8 Å². The van der Waals surface area contributed by atoms with Crippen molar-refractivity contribution >= 4 is 51.5 Å². The Morgan fingerprint density at radius 1 is 0.545 bits per heavy atom. The highest BCUT2D eigenvalue weighted by molar-refractivity contribution is 6.43. The van der Waals surface area contributed by atoms with E-state index < -0.39 is 0 Å². The second-order valence-electron chi connectivity index (χ2n) is 7.96. The van der Waals surface area contributed by atoms with Crippen LogP contribution in [0.3, 0.4) is 0 Å². The van der Waals surface area contributed by atoms with Crippen LogP contribution in [-0.4, -0.2) is 11.5 Å². The molecule has 0 bridgehead atoms. The van der Waals surface area contributed by atoms with E-state index in [0.717, 1.165) is 45.1 Å². The van der Waals surface area contributed by atoms with Crippen molar-refractivity contribution < 1.29 is 0 Å². The van der Waals surface area contributed by atoms with Crippen molar-refractivity contribution in [3.05, 3.63) is 125 Å². The predicted octanol–water partition coefficient (Wildman–Crippen LogP) is 7.40. The first kappa shape index (κ1) is 19.5. The molecule has 0 spiro atoms. The topological polar surface area (TPSA) is 54.2 Å². The number of halogens is 1. The number of nitrogens with zero attached hydrogens (tertiary/aromatic N) is 2. The number of allylic oxidation sites excluding steroid dienone is 1. The molecule has 2 aliphatic rings. The Bertz CT molecular complexity index is 1450. The minimum atomic E-state index is 0.340. The zero-order chi connectivity index (χ0) is 22.5. The molecule has 0 fully saturated rings. The molecule has 6 rings (SSSR count). The highest BCUT2D eigenvalue weighted by Gasteiger charge is 2.39. The maximum atomic E-state index is 9.27. The lowest BCUT2D eigenvalue weighted by molar-refractivity contribution is 1.27. The number of nitrogens with one attached hydrogen (secondary N) is 2. The fourth-order valence-corrected chi connectivity index (χ4v) is 4.79. The van der Waals surface area contributed by atoms with Gasteiger partial charge in [-0.3, -0.25) is 15.7 Å². The number of para-hydroxylation sites is 3. The molecule has 0 atom stereocenters. The number of hydrogen-bond donors (Lipinski definition) is 2. The minimum absolute atomic E-state index is 0.340. The van der Waals surface area contributed by atoms with Gasteiger partial charge in [-0.05, 0) is 48.5 Å². The largest absolute Gasteiger partial charge is 0.307 e. The Balaban J connectivity index is 1.63. The third kappa shape index (κ3) is 2.92. The van der Waals surface area contributed by atoms with Crippen molar-refractivity contribution in [1.82, 2.24) is 0 Å². The zero-order valence-corrected chi connectivity index (χ0v) is 18.3. The van der Waals surface area contributed by atoms with E-state index in [0.29, 0.717) is 16.6 Å². The molecule has 0 saturated heterocycles. The summed E-state index contributed by atoms with van der Waals surface area (Å²) >= 11 is 6.13. The zero-order valence-electron chi connectivity index (χ0n) is 17.6. The fraction of sp³-hybridized carbons (Fsp3) is 0. The first-order valence-corrected chi connectivity index (χ1v) is 11.0. The Morgan fingerprint density at radius 3 is 1.79 bits per heavy atom. The van der Waals surface area contributed by atoms with Crippen molar-refractivity contribution in [2.75, 3.05) is 9.80 Å². The van der Waals surface area contributed by atoms with Gasteiger partial charge in [-0.15, -0.1) is 0 Å². The van der Waals surface area contributed by atoms with Crippen LogP contribution in [0.25, 0.3) is 5.57 Å². The van der Waals surface area contributed by atoms with Crippen LogP contribution in [0.2, 0.25) is 5.02 Å². The Labute approximate surface area is 197 Å². The summed E-state index contributed by atoms with van der Waals surface area (Å²) in [5, 5.41) is 19.0. The molecule has 2 heterocycles. The number of fused-ring (bicyclic) bond motifs is 2. The van der Waals surface area contributed by atoms with E-state index in [2.05, 4.69) is 4.90 Å². The van der Waals surface area contributed by atoms with Crippen LogP contribution >= 0.6 is 11.6 Å². The lowest BCUT2D eigenvalue weighted by atomic mass is 10.0. The molecule has 4 nitrogen and oxygen atoms in total. The van der Waals surface area contributed by atoms with Crippen LogP contribution < -0.4 is 9.80 Å². The maximum absolute atomic E-state index is 9.27. The number of rotatable bonds is 2. The molecule has 4 aromatic carbocycles. The highest BCUT2D eigenvalue weighted by atomic mass is 35.5. The number of anilines is 4. The second-order valence-corrected chi connectivity index (χ2v) is 8.40. The van der Waals surface area contributed by atoms with E-state index >= 15 is 0 Å². The summed E-state index contributed by atoms with van der Waals surface area (Å²) in [6, 6.07) is 33.5. The molecule has 0 aromatic heterocycles. The van der Waals surface area contributed by atoms with E-state index in [1.54, 1.807) is 0 Å². The summed E-state index contributed by atoms with van der Waals surface area (Å²) in [7, 11) is 0. The highest BCUT2D eigenvalue weighted by Crippen LogP contribution is 2.49. The van der Waals surface area contributed by atoms with Crippen molar-refractivity contribution in [3.63, 3.8) is 0 Å². The molecular weight excluding hydrogens is 428 g/mol. The standard InChI is InChI=1S/C28H19ClN4/c29-18-14-16-20(17-15-18)33-23-12-6-4-10-21(23)25(28(33)31)27-26(30)22-11-5-7-13-24(22)32(27)19-8-2-1-3-9-19/h1-17,30-31H/b27-25+,30-26?,31-28?. The van der Waals surface area contributed by atoms with Gasteiger partial charge in [-0.2, -0.15) is 0 Å². The van der Waals surface area contributed by atoms with Crippen LogP contribution in [0.5, 0.6) is 0 Å². The lowest BCUT2D eigenvalue weighted by Crippen LogP contribution is -2.24. The lowest BCUT2D eigenvalue weighted by Gasteiger charge is -2.24. The Hall–Kier alpha value is -4.15. The molecule has 0 amide bonds. The summed E-state index contributed by atoms with van der Waals surface area (Å²) in [6.45, 7) is 0. The summed E-state index contributed by atoms with van der Waals surface area (Å²) in [6.07, 6.45) is 0. The van der Waals surface area contributed by atoms with Gasteiger partial charge in [0.05, 0.1) is 28.4 Å². The van der Waals surface area contributed by atoms with Gasteiger partial charge in [0.1, 0.15) is 5.84 Å². The third-order valence-corrected chi connectivity index (χ3v) is 6.34. The van der Waals surface area contributed by atoms with Gasteiger partial charge in [0.2, 0.25) is 0 Å². The van der Waals surface area contributed by atoms with Crippen molar-refractivity contribution in [2.24, 2.45) is 0 Å². The van der Waals surface area contributed by atoms with Crippen LogP contribution in [0.15, 0.2) is 109 Å². The van der Waals surface area contributed by atoms with Gasteiger partial charge in [-0.1, -0.05) is 66.2 Å². The molecule has 2 N–H and O–H groups in total. The Kier molecular flexibility index (Phi) is 4.42. The van der Waals surface area contributed by atoms with Gasteiger partial charge in [0.15, 0.2) is 0 Å². The quantitative estimate of drug-likeness (QED) is 0.337. The number of benzene rings is 4. The molecule has 4 aromatic rings. The smallest absolute Gasteiger partial charge is 0.140 e. The molecule has 5 heteroatoms. The van der Waals surface area contributed by atoms with Crippen molar-refractivity contribution in [2.45, 2.75) is 0 Å². The molecule has 33 heavy (non-hydrogen) atoms. The molecule has 0 saturated carbocycles. The SMILES string of the molecule is N=C1/C(=C2\C(=N)N(c3ccc(Cl)cc3)c3ccccc32)N(c2ccccc2)c2ccccc21. The Morgan fingerprint density at radius 2 is 1.09 bits per heavy atom.